The number of carbonyl (C=O) groups is 1. The zero-order valence-electron chi connectivity index (χ0n) is 6.91. The van der Waals surface area contributed by atoms with Gasteiger partial charge in [-0.2, -0.15) is 5.10 Å². The molecule has 2 heterocycles. The van der Waals surface area contributed by atoms with E-state index in [2.05, 4.69) is 25.7 Å². The number of aromatic nitrogens is 2. The topological polar surface area (TPSA) is 79.6 Å². The van der Waals surface area contributed by atoms with Gasteiger partial charge in [-0.1, -0.05) is 11.3 Å². The van der Waals surface area contributed by atoms with Crippen LogP contribution in [0.3, 0.4) is 0 Å². The van der Waals surface area contributed by atoms with Gasteiger partial charge in [-0.3, -0.25) is 10.2 Å². The molecule has 0 saturated heterocycles. The third-order valence-electron chi connectivity index (χ3n) is 1.38. The van der Waals surface area contributed by atoms with Crippen molar-refractivity contribution in [3.63, 3.8) is 0 Å². The summed E-state index contributed by atoms with van der Waals surface area (Å²) in [5.41, 5.74) is 4.43. The second kappa shape index (κ2) is 3.88. The summed E-state index contributed by atoms with van der Waals surface area (Å²) in [6, 6.07) is 0. The first kappa shape index (κ1) is 8.70. The number of aliphatic imine (C=N–C) groups is 1. The lowest BCUT2D eigenvalue weighted by Crippen LogP contribution is -2.13. The standard InChI is InChI=1S/C7H5N5OS/c13-6-5(2-1-3-8-6)10-12-7-11-9-4-14-7/h1-4H,(H,11,12). The molecule has 14 heavy (non-hydrogen) atoms. The van der Waals surface area contributed by atoms with Crippen molar-refractivity contribution in [2.45, 2.75) is 0 Å². The molecule has 0 fully saturated rings. The van der Waals surface area contributed by atoms with Gasteiger partial charge in [0, 0.05) is 6.21 Å². The Hall–Kier alpha value is -1.89. The van der Waals surface area contributed by atoms with Crippen LogP contribution in [0.15, 0.2) is 27.8 Å². The van der Waals surface area contributed by atoms with Crippen LogP contribution in [-0.4, -0.2) is 28.0 Å². The number of anilines is 1. The Morgan fingerprint density at radius 3 is 3.14 bits per heavy atom. The Labute approximate surface area is 83.1 Å². The number of rotatable bonds is 2. The van der Waals surface area contributed by atoms with Gasteiger partial charge >= 0.3 is 0 Å². The molecule has 1 aromatic rings. The molecule has 1 amide bonds. The smallest absolute Gasteiger partial charge is 0.265 e. The number of nitrogens with one attached hydrogen (secondary N) is 1. The van der Waals surface area contributed by atoms with Gasteiger partial charge in [0.25, 0.3) is 5.91 Å². The molecule has 2 rings (SSSR count). The second-order valence-corrected chi connectivity index (χ2v) is 3.13. The molecular formula is C7H5N5OS. The van der Waals surface area contributed by atoms with Crippen molar-refractivity contribution in [2.75, 3.05) is 5.43 Å². The first-order chi connectivity index (χ1) is 6.86. The molecule has 7 heteroatoms. The monoisotopic (exact) mass is 207 g/mol. The van der Waals surface area contributed by atoms with Gasteiger partial charge in [0.2, 0.25) is 5.13 Å². The maximum atomic E-state index is 11.1. The zero-order chi connectivity index (χ0) is 9.80. The van der Waals surface area contributed by atoms with Crippen LogP contribution in [0.25, 0.3) is 0 Å². The van der Waals surface area contributed by atoms with Gasteiger partial charge in [0.15, 0.2) is 5.71 Å². The van der Waals surface area contributed by atoms with Crippen molar-refractivity contribution in [2.24, 2.45) is 10.1 Å². The minimum absolute atomic E-state index is 0.253. The molecule has 0 unspecified atom stereocenters. The van der Waals surface area contributed by atoms with Gasteiger partial charge in [-0.15, -0.1) is 10.2 Å². The van der Waals surface area contributed by atoms with E-state index in [1.165, 1.54) is 17.6 Å². The summed E-state index contributed by atoms with van der Waals surface area (Å²) in [6.45, 7) is 0. The molecule has 0 aromatic carbocycles. The quantitative estimate of drug-likeness (QED) is 0.715. The average molecular weight is 207 g/mol. The Morgan fingerprint density at radius 1 is 1.50 bits per heavy atom. The highest BCUT2D eigenvalue weighted by Gasteiger charge is 2.08. The number of nitrogens with zero attached hydrogens (tertiary/aromatic N) is 4. The second-order valence-electron chi connectivity index (χ2n) is 2.30. The first-order valence-corrected chi connectivity index (χ1v) is 4.59. The van der Waals surface area contributed by atoms with Crippen LogP contribution in [0, 0.1) is 0 Å². The highest BCUT2D eigenvalue weighted by molar-refractivity contribution is 7.13. The fraction of sp³-hybridized carbons (Fsp3) is 0. The van der Waals surface area contributed by atoms with Crippen molar-refractivity contribution < 1.29 is 4.79 Å². The summed E-state index contributed by atoms with van der Waals surface area (Å²) >= 11 is 1.30. The number of allylic oxidation sites excluding steroid dienone is 1. The predicted molar refractivity (Wildman–Crippen MR) is 53.6 cm³/mol. The fourth-order valence-electron chi connectivity index (χ4n) is 0.797. The zero-order valence-corrected chi connectivity index (χ0v) is 7.73. The van der Waals surface area contributed by atoms with Gasteiger partial charge in [0.1, 0.15) is 5.51 Å². The van der Waals surface area contributed by atoms with Crippen LogP contribution < -0.4 is 5.43 Å². The minimum atomic E-state index is -0.371. The van der Waals surface area contributed by atoms with Crippen LogP contribution in [0.1, 0.15) is 0 Å². The molecule has 0 aliphatic carbocycles. The van der Waals surface area contributed by atoms with E-state index in [1.54, 1.807) is 17.7 Å². The lowest BCUT2D eigenvalue weighted by atomic mass is 10.3. The van der Waals surface area contributed by atoms with Crippen LogP contribution in [0.5, 0.6) is 0 Å². The Morgan fingerprint density at radius 2 is 2.43 bits per heavy atom. The van der Waals surface area contributed by atoms with Gasteiger partial charge < -0.3 is 0 Å². The van der Waals surface area contributed by atoms with Crippen molar-refractivity contribution in [1.29, 1.82) is 0 Å². The maximum Gasteiger partial charge on any atom is 0.297 e. The number of carbonyl (C=O) groups excluding carboxylic acids is 1. The molecule has 1 aromatic heterocycles. The molecule has 0 bridgehead atoms. The molecule has 0 atom stereocenters. The summed E-state index contributed by atoms with van der Waals surface area (Å²) in [5.74, 6) is -0.371. The van der Waals surface area contributed by atoms with Crippen molar-refractivity contribution in [3.05, 3.63) is 17.7 Å². The predicted octanol–water partition coefficient (Wildman–Crippen LogP) is 0.473. The van der Waals surface area contributed by atoms with E-state index in [0.29, 0.717) is 5.13 Å². The summed E-state index contributed by atoms with van der Waals surface area (Å²) in [4.78, 5) is 14.7. The molecule has 0 saturated carbocycles. The highest BCUT2D eigenvalue weighted by atomic mass is 32.1. The average Bonchev–Trinajstić information content (AvgIpc) is 2.69. The molecule has 70 valence electrons. The molecular weight excluding hydrogens is 202 g/mol. The normalized spacial score (nSPS) is 17.7. The number of hydrazone groups is 1. The SMILES string of the molecule is O=C1N=CC=CC1=NNc1nncs1. The molecule has 6 nitrogen and oxygen atoms in total. The van der Waals surface area contributed by atoms with Crippen molar-refractivity contribution >= 4 is 34.3 Å². The largest absolute Gasteiger partial charge is 0.297 e. The van der Waals surface area contributed by atoms with Crippen LogP contribution in [0.2, 0.25) is 0 Å². The number of dihydropyridines is 1. The summed E-state index contributed by atoms with van der Waals surface area (Å²) in [7, 11) is 0. The molecule has 1 aliphatic rings. The summed E-state index contributed by atoms with van der Waals surface area (Å²) < 4.78 is 0. The summed E-state index contributed by atoms with van der Waals surface area (Å²) in [6.07, 6.45) is 4.64. The molecule has 1 N–H and O–H groups in total. The van der Waals surface area contributed by atoms with E-state index < -0.39 is 0 Å². The third kappa shape index (κ3) is 1.88. The fourth-order valence-corrected chi connectivity index (χ4v) is 1.18. The Balaban J connectivity index is 2.08. The third-order valence-corrected chi connectivity index (χ3v) is 1.98. The minimum Gasteiger partial charge on any atom is -0.265 e. The van der Waals surface area contributed by atoms with Gasteiger partial charge in [-0.05, 0) is 12.2 Å². The van der Waals surface area contributed by atoms with E-state index >= 15 is 0 Å². The van der Waals surface area contributed by atoms with E-state index in [4.69, 9.17) is 0 Å². The van der Waals surface area contributed by atoms with Crippen LogP contribution in [-0.2, 0) is 4.79 Å². The van der Waals surface area contributed by atoms with Gasteiger partial charge in [-0.25, -0.2) is 4.99 Å². The van der Waals surface area contributed by atoms with Crippen LogP contribution in [0.4, 0.5) is 5.13 Å². The molecule has 0 spiro atoms. The summed E-state index contributed by atoms with van der Waals surface area (Å²) in [5, 5.41) is 11.7. The van der Waals surface area contributed by atoms with E-state index in [0.717, 1.165) is 0 Å². The molecule has 1 aliphatic heterocycles. The van der Waals surface area contributed by atoms with Crippen molar-refractivity contribution in [1.82, 2.24) is 10.2 Å². The maximum absolute atomic E-state index is 11.1. The number of hydrogen-bond donors (Lipinski definition) is 1. The van der Waals surface area contributed by atoms with E-state index in [1.807, 2.05) is 0 Å². The first-order valence-electron chi connectivity index (χ1n) is 3.71. The number of hydrogen-bond acceptors (Lipinski definition) is 6. The lowest BCUT2D eigenvalue weighted by Gasteiger charge is -1.98. The Kier molecular flexibility index (Phi) is 2.41. The van der Waals surface area contributed by atoms with E-state index in [-0.39, 0.29) is 11.6 Å². The van der Waals surface area contributed by atoms with E-state index in [9.17, 15) is 4.79 Å². The lowest BCUT2D eigenvalue weighted by molar-refractivity contribution is -0.111. The number of amides is 1. The molecule has 0 radical (unpaired) electrons. The van der Waals surface area contributed by atoms with Gasteiger partial charge in [0.05, 0.1) is 0 Å². The Bertz CT molecular complexity index is 419. The highest BCUT2D eigenvalue weighted by Crippen LogP contribution is 2.07. The van der Waals surface area contributed by atoms with Crippen LogP contribution >= 0.6 is 11.3 Å². The van der Waals surface area contributed by atoms with Crippen molar-refractivity contribution in [3.8, 4) is 0 Å².